The van der Waals surface area contributed by atoms with Gasteiger partial charge in [0.15, 0.2) is 5.79 Å². The van der Waals surface area contributed by atoms with E-state index >= 15 is 0 Å². The lowest BCUT2D eigenvalue weighted by Gasteiger charge is -2.38. The van der Waals surface area contributed by atoms with E-state index in [9.17, 15) is 14.4 Å². The number of nitrogens with two attached hydrogens (primary N) is 1. The smallest absolute Gasteiger partial charge is 0.236 e. The summed E-state index contributed by atoms with van der Waals surface area (Å²) in [6.45, 7) is 7.36. The third-order valence-corrected chi connectivity index (χ3v) is 5.26. The van der Waals surface area contributed by atoms with Gasteiger partial charge in [-0.05, 0) is 19.4 Å². The topological polar surface area (TPSA) is 114 Å². The molecule has 1 spiro atoms. The van der Waals surface area contributed by atoms with Crippen LogP contribution in [0.25, 0.3) is 0 Å². The minimum absolute atomic E-state index is 0.0343. The average Bonchev–Trinajstić information content (AvgIpc) is 3.12. The Kier molecular flexibility index (Phi) is 8.65. The van der Waals surface area contributed by atoms with Crippen molar-refractivity contribution < 1.29 is 23.9 Å². The summed E-state index contributed by atoms with van der Waals surface area (Å²) in [6, 6.07) is -0.793. The van der Waals surface area contributed by atoms with Gasteiger partial charge in [-0.15, -0.1) is 0 Å². The molecule has 0 aliphatic carbocycles. The number of likely N-dealkylation sites (tertiary alicyclic amines) is 1. The van der Waals surface area contributed by atoms with Crippen molar-refractivity contribution in [2.45, 2.75) is 57.8 Å². The van der Waals surface area contributed by atoms with Crippen LogP contribution < -0.4 is 11.1 Å². The van der Waals surface area contributed by atoms with Crippen LogP contribution in [-0.2, 0) is 23.9 Å². The van der Waals surface area contributed by atoms with Crippen molar-refractivity contribution in [1.82, 2.24) is 15.1 Å². The second kappa shape index (κ2) is 10.7. The third-order valence-electron chi connectivity index (χ3n) is 5.26. The first kappa shape index (κ1) is 22.6. The van der Waals surface area contributed by atoms with Crippen molar-refractivity contribution in [3.8, 4) is 0 Å². The minimum Gasteiger partial charge on any atom is -0.368 e. The van der Waals surface area contributed by atoms with E-state index in [1.54, 1.807) is 9.80 Å². The summed E-state index contributed by atoms with van der Waals surface area (Å²) in [5.41, 5.74) is 5.56. The quantitative estimate of drug-likeness (QED) is 0.528. The molecule has 0 bridgehead atoms. The Morgan fingerprint density at radius 1 is 1.14 bits per heavy atom. The summed E-state index contributed by atoms with van der Waals surface area (Å²) in [5.74, 6) is -1.41. The predicted molar refractivity (Wildman–Crippen MR) is 103 cm³/mol. The number of primary amides is 1. The molecule has 0 unspecified atom stereocenters. The molecular formula is C19H34N4O5. The van der Waals surface area contributed by atoms with Gasteiger partial charge in [0.1, 0.15) is 0 Å². The van der Waals surface area contributed by atoms with E-state index in [1.165, 1.54) is 0 Å². The zero-order valence-electron chi connectivity index (χ0n) is 17.1. The fraction of sp³-hybridized carbons (Fsp3) is 0.842. The van der Waals surface area contributed by atoms with E-state index in [-0.39, 0.29) is 24.8 Å². The van der Waals surface area contributed by atoms with Gasteiger partial charge in [0, 0.05) is 32.5 Å². The van der Waals surface area contributed by atoms with Crippen LogP contribution in [-0.4, -0.2) is 85.3 Å². The Morgan fingerprint density at radius 3 is 2.32 bits per heavy atom. The molecule has 2 rings (SSSR count). The van der Waals surface area contributed by atoms with Gasteiger partial charge in [-0.25, -0.2) is 0 Å². The summed E-state index contributed by atoms with van der Waals surface area (Å²) in [7, 11) is 0. The van der Waals surface area contributed by atoms with Crippen molar-refractivity contribution in [3.63, 3.8) is 0 Å². The Labute approximate surface area is 166 Å². The van der Waals surface area contributed by atoms with Gasteiger partial charge in [0.2, 0.25) is 17.7 Å². The van der Waals surface area contributed by atoms with E-state index in [2.05, 4.69) is 5.32 Å². The molecule has 0 aromatic heterocycles. The van der Waals surface area contributed by atoms with E-state index < -0.39 is 17.7 Å². The summed E-state index contributed by atoms with van der Waals surface area (Å²) in [6.07, 6.45) is 2.82. The Morgan fingerprint density at radius 2 is 1.79 bits per heavy atom. The molecule has 2 fully saturated rings. The van der Waals surface area contributed by atoms with Crippen LogP contribution in [0.1, 0.15) is 46.0 Å². The number of rotatable bonds is 10. The molecule has 160 valence electrons. The van der Waals surface area contributed by atoms with Gasteiger partial charge in [0.25, 0.3) is 0 Å². The Bertz CT molecular complexity index is 540. The highest BCUT2D eigenvalue weighted by atomic mass is 16.7. The normalized spacial score (nSPS) is 19.8. The molecule has 0 aromatic rings. The molecule has 1 atom stereocenters. The van der Waals surface area contributed by atoms with E-state index in [0.717, 1.165) is 12.8 Å². The summed E-state index contributed by atoms with van der Waals surface area (Å²) >= 11 is 0. The maximum absolute atomic E-state index is 12.8. The van der Waals surface area contributed by atoms with E-state index in [1.807, 2.05) is 13.8 Å². The number of carbonyl (C=O) groups is 3. The average molecular weight is 399 g/mol. The van der Waals surface area contributed by atoms with Crippen molar-refractivity contribution in [2.75, 3.05) is 45.9 Å². The summed E-state index contributed by atoms with van der Waals surface area (Å²) in [5, 5.41) is 2.76. The SMILES string of the molecule is CCCNC(=O)C[C@H](C(N)=O)N(CCC)CC(=O)N1CCC2(CC1)OCCO2. The van der Waals surface area contributed by atoms with Crippen LogP contribution in [0.15, 0.2) is 0 Å². The van der Waals surface area contributed by atoms with Gasteiger partial charge in [-0.2, -0.15) is 0 Å². The molecule has 0 saturated carbocycles. The number of ether oxygens (including phenoxy) is 2. The van der Waals surface area contributed by atoms with Crippen molar-refractivity contribution >= 4 is 17.7 Å². The molecule has 2 aliphatic heterocycles. The number of piperidine rings is 1. The number of nitrogens with zero attached hydrogens (tertiary/aromatic N) is 2. The molecule has 28 heavy (non-hydrogen) atoms. The molecule has 2 heterocycles. The minimum atomic E-state index is -0.793. The maximum atomic E-state index is 12.8. The second-order valence-electron chi connectivity index (χ2n) is 7.43. The van der Waals surface area contributed by atoms with Crippen molar-refractivity contribution in [3.05, 3.63) is 0 Å². The number of hydrogen-bond donors (Lipinski definition) is 2. The molecule has 3 amide bonds. The predicted octanol–water partition coefficient (Wildman–Crippen LogP) is -0.166. The molecule has 9 nitrogen and oxygen atoms in total. The standard InChI is InChI=1S/C19H34N4O5/c1-3-7-21-16(24)13-15(18(20)26)23(8-4-2)14-17(25)22-9-5-19(6-10-22)27-11-12-28-19/h15H,3-14H2,1-2H3,(H2,20,26)(H,21,24)/t15-/m1/s1. The van der Waals surface area contributed by atoms with Crippen LogP contribution in [0, 0.1) is 0 Å². The number of amides is 3. The Hall–Kier alpha value is -1.71. The molecule has 2 saturated heterocycles. The first-order valence-corrected chi connectivity index (χ1v) is 10.3. The number of hydrogen-bond acceptors (Lipinski definition) is 6. The molecule has 2 aliphatic rings. The van der Waals surface area contributed by atoms with Crippen LogP contribution in [0.3, 0.4) is 0 Å². The first-order valence-electron chi connectivity index (χ1n) is 10.3. The molecule has 9 heteroatoms. The van der Waals surface area contributed by atoms with Crippen LogP contribution >= 0.6 is 0 Å². The highest BCUT2D eigenvalue weighted by molar-refractivity contribution is 5.88. The first-order chi connectivity index (χ1) is 13.4. The van der Waals surface area contributed by atoms with Gasteiger partial charge in [-0.3, -0.25) is 19.3 Å². The lowest BCUT2D eigenvalue weighted by molar-refractivity contribution is -0.187. The van der Waals surface area contributed by atoms with Crippen molar-refractivity contribution in [2.24, 2.45) is 5.73 Å². The molecule has 0 radical (unpaired) electrons. The highest BCUT2D eigenvalue weighted by Gasteiger charge is 2.41. The van der Waals surface area contributed by atoms with Gasteiger partial charge < -0.3 is 25.4 Å². The largest absolute Gasteiger partial charge is 0.368 e. The molecule has 0 aromatic carbocycles. The van der Waals surface area contributed by atoms with Gasteiger partial charge >= 0.3 is 0 Å². The third kappa shape index (κ3) is 6.15. The monoisotopic (exact) mass is 398 g/mol. The van der Waals surface area contributed by atoms with E-state index in [0.29, 0.717) is 52.2 Å². The Balaban J connectivity index is 1.94. The maximum Gasteiger partial charge on any atom is 0.236 e. The van der Waals surface area contributed by atoms with Crippen LogP contribution in [0.2, 0.25) is 0 Å². The number of nitrogens with one attached hydrogen (secondary N) is 1. The fourth-order valence-electron chi connectivity index (χ4n) is 3.71. The summed E-state index contributed by atoms with van der Waals surface area (Å²) in [4.78, 5) is 40.4. The summed E-state index contributed by atoms with van der Waals surface area (Å²) < 4.78 is 11.4. The van der Waals surface area contributed by atoms with Crippen LogP contribution in [0.5, 0.6) is 0 Å². The number of carbonyl (C=O) groups excluding carboxylic acids is 3. The molecule has 3 N–H and O–H groups in total. The zero-order chi connectivity index (χ0) is 20.6. The fourth-order valence-corrected chi connectivity index (χ4v) is 3.71. The second-order valence-corrected chi connectivity index (χ2v) is 7.43. The zero-order valence-corrected chi connectivity index (χ0v) is 17.1. The van der Waals surface area contributed by atoms with Gasteiger partial charge in [0.05, 0.1) is 32.2 Å². The lowest BCUT2D eigenvalue weighted by atomic mass is 10.0. The highest BCUT2D eigenvalue weighted by Crippen LogP contribution is 2.31. The molecular weight excluding hydrogens is 364 g/mol. The van der Waals surface area contributed by atoms with Crippen molar-refractivity contribution in [1.29, 1.82) is 0 Å². The van der Waals surface area contributed by atoms with Gasteiger partial charge in [-0.1, -0.05) is 13.8 Å². The van der Waals surface area contributed by atoms with Crippen LogP contribution in [0.4, 0.5) is 0 Å². The lowest BCUT2D eigenvalue weighted by Crippen LogP contribution is -2.54. The van der Waals surface area contributed by atoms with E-state index in [4.69, 9.17) is 15.2 Å².